The Morgan fingerprint density at radius 1 is 1.14 bits per heavy atom. The third-order valence-electron chi connectivity index (χ3n) is 5.41. The van der Waals surface area contributed by atoms with Crippen LogP contribution in [0.1, 0.15) is 6.42 Å². The zero-order chi connectivity index (χ0) is 20.0. The van der Waals surface area contributed by atoms with Gasteiger partial charge in [-0.25, -0.2) is 14.2 Å². The van der Waals surface area contributed by atoms with Crippen molar-refractivity contribution in [2.45, 2.75) is 12.5 Å². The summed E-state index contributed by atoms with van der Waals surface area (Å²) >= 11 is 6.13. The molecule has 1 atom stereocenters. The summed E-state index contributed by atoms with van der Waals surface area (Å²) in [6.45, 7) is 1.61. The number of hydrogen-bond donors (Lipinski definition) is 1. The normalized spacial score (nSPS) is 17.2. The van der Waals surface area contributed by atoms with Gasteiger partial charge in [0.05, 0.1) is 23.1 Å². The highest BCUT2D eigenvalue weighted by Crippen LogP contribution is 2.40. The fraction of sp³-hybridized carbons (Fsp3) is 0.182. The molecule has 2 aliphatic rings. The number of fused-ring (bicyclic) bond motifs is 4. The van der Waals surface area contributed by atoms with E-state index in [9.17, 15) is 9.18 Å². The SMILES string of the molecule is O=C(Nc1ccccc1F)N1c2nc(-c3cccc(Cl)c3)ccc2N2CC[C@H]1C2. The van der Waals surface area contributed by atoms with Crippen LogP contribution in [-0.4, -0.2) is 30.1 Å². The highest BCUT2D eigenvalue weighted by atomic mass is 35.5. The van der Waals surface area contributed by atoms with Crippen molar-refractivity contribution in [3.63, 3.8) is 0 Å². The Hall–Kier alpha value is -3.12. The van der Waals surface area contributed by atoms with Crippen molar-refractivity contribution in [2.24, 2.45) is 0 Å². The summed E-state index contributed by atoms with van der Waals surface area (Å²) in [6, 6.07) is 17.2. The van der Waals surface area contributed by atoms with E-state index in [-0.39, 0.29) is 17.8 Å². The highest BCUT2D eigenvalue weighted by molar-refractivity contribution is 6.30. The van der Waals surface area contributed by atoms with Crippen LogP contribution in [0.2, 0.25) is 5.02 Å². The molecule has 3 aromatic rings. The van der Waals surface area contributed by atoms with Crippen molar-refractivity contribution in [1.82, 2.24) is 4.98 Å². The van der Waals surface area contributed by atoms with Crippen LogP contribution in [0.5, 0.6) is 0 Å². The molecule has 3 heterocycles. The van der Waals surface area contributed by atoms with Crippen molar-refractivity contribution >= 4 is 34.8 Å². The van der Waals surface area contributed by atoms with Crippen LogP contribution in [0.15, 0.2) is 60.7 Å². The second kappa shape index (κ2) is 7.04. The van der Waals surface area contributed by atoms with Gasteiger partial charge in [0.25, 0.3) is 0 Å². The third kappa shape index (κ3) is 3.19. The summed E-state index contributed by atoms with van der Waals surface area (Å²) in [5.41, 5.74) is 2.68. The summed E-state index contributed by atoms with van der Waals surface area (Å²) in [4.78, 5) is 21.8. The molecular weight excluding hydrogens is 391 g/mol. The number of hydrogen-bond acceptors (Lipinski definition) is 3. The molecule has 7 heteroatoms. The van der Waals surface area contributed by atoms with Crippen molar-refractivity contribution in [1.29, 1.82) is 0 Å². The standard InChI is InChI=1S/C22H18ClFN4O/c23-15-5-3-4-14(12-15)18-8-9-20-21(25-18)28(16-10-11-27(20)13-16)22(29)26-19-7-2-1-6-17(19)24/h1-9,12,16H,10-11,13H2,(H,26,29)/t16-/m0/s1. The van der Waals surface area contributed by atoms with Gasteiger partial charge in [-0.3, -0.25) is 4.90 Å². The van der Waals surface area contributed by atoms with E-state index in [2.05, 4.69) is 10.2 Å². The number of carbonyl (C=O) groups is 1. The Kier molecular flexibility index (Phi) is 4.36. The van der Waals surface area contributed by atoms with E-state index >= 15 is 0 Å². The Labute approximate surface area is 172 Å². The number of pyridine rings is 1. The maximum atomic E-state index is 14.1. The molecule has 2 aliphatic heterocycles. The first-order valence-electron chi connectivity index (χ1n) is 9.47. The van der Waals surface area contributed by atoms with Crippen molar-refractivity contribution in [2.75, 3.05) is 28.2 Å². The van der Waals surface area contributed by atoms with Crippen molar-refractivity contribution in [3.05, 3.63) is 71.5 Å². The largest absolute Gasteiger partial charge is 0.366 e. The highest BCUT2D eigenvalue weighted by Gasteiger charge is 2.40. The van der Waals surface area contributed by atoms with E-state index < -0.39 is 5.82 Å². The van der Waals surface area contributed by atoms with E-state index in [1.165, 1.54) is 6.07 Å². The zero-order valence-corrected chi connectivity index (χ0v) is 16.2. The Balaban J connectivity index is 1.55. The minimum absolute atomic E-state index is 0.00335. The molecule has 0 spiro atoms. The molecule has 1 fully saturated rings. The Bertz CT molecular complexity index is 1110. The number of carbonyl (C=O) groups excluding carboxylic acids is 1. The van der Waals surface area contributed by atoms with Crippen LogP contribution < -0.4 is 15.1 Å². The molecule has 2 aromatic carbocycles. The van der Waals surface area contributed by atoms with Gasteiger partial charge in [0.15, 0.2) is 5.82 Å². The van der Waals surface area contributed by atoms with Gasteiger partial charge in [0.2, 0.25) is 0 Å². The van der Waals surface area contributed by atoms with E-state index in [0.717, 1.165) is 36.5 Å². The lowest BCUT2D eigenvalue weighted by molar-refractivity contribution is 0.254. The minimum atomic E-state index is -0.466. The number of nitrogens with zero attached hydrogens (tertiary/aromatic N) is 3. The van der Waals surface area contributed by atoms with Crippen LogP contribution in [0.3, 0.4) is 0 Å². The molecule has 1 aromatic heterocycles. The number of para-hydroxylation sites is 1. The first-order valence-corrected chi connectivity index (χ1v) is 9.84. The number of halogens is 2. The predicted octanol–water partition coefficient (Wildman–Crippen LogP) is 5.17. The van der Waals surface area contributed by atoms with Gasteiger partial charge < -0.3 is 10.2 Å². The van der Waals surface area contributed by atoms with Crippen molar-refractivity contribution < 1.29 is 9.18 Å². The number of nitrogens with one attached hydrogen (secondary N) is 1. The van der Waals surface area contributed by atoms with Crippen molar-refractivity contribution in [3.8, 4) is 11.3 Å². The van der Waals surface area contributed by atoms with Gasteiger partial charge in [0.1, 0.15) is 5.82 Å². The third-order valence-corrected chi connectivity index (χ3v) is 5.64. The number of aromatic nitrogens is 1. The summed E-state index contributed by atoms with van der Waals surface area (Å²) in [6.07, 6.45) is 0.841. The number of rotatable bonds is 2. The van der Waals surface area contributed by atoms with E-state index in [4.69, 9.17) is 16.6 Å². The minimum Gasteiger partial charge on any atom is -0.366 e. The molecule has 2 bridgehead atoms. The molecule has 29 heavy (non-hydrogen) atoms. The fourth-order valence-electron chi connectivity index (χ4n) is 4.02. The maximum Gasteiger partial charge on any atom is 0.327 e. The van der Waals surface area contributed by atoms with Gasteiger partial charge in [0, 0.05) is 23.7 Å². The molecule has 1 saturated heterocycles. The number of urea groups is 1. The predicted molar refractivity (Wildman–Crippen MR) is 113 cm³/mol. The average Bonchev–Trinajstić information content (AvgIpc) is 3.14. The smallest absolute Gasteiger partial charge is 0.327 e. The van der Waals surface area contributed by atoms with Crippen LogP contribution >= 0.6 is 11.6 Å². The molecular formula is C22H18ClFN4O. The van der Waals surface area contributed by atoms with E-state index in [1.54, 1.807) is 23.1 Å². The molecule has 0 saturated carbocycles. The van der Waals surface area contributed by atoms with Crippen LogP contribution in [0.4, 0.5) is 26.4 Å². The number of anilines is 3. The van der Waals surface area contributed by atoms with Gasteiger partial charge in [-0.2, -0.15) is 0 Å². The fourth-order valence-corrected chi connectivity index (χ4v) is 4.21. The summed E-state index contributed by atoms with van der Waals surface area (Å²) in [5, 5.41) is 3.33. The summed E-state index contributed by atoms with van der Waals surface area (Å²) < 4.78 is 14.1. The average molecular weight is 409 g/mol. The quantitative estimate of drug-likeness (QED) is 0.636. The summed E-state index contributed by atoms with van der Waals surface area (Å²) in [7, 11) is 0. The van der Waals surface area contributed by atoms with Gasteiger partial charge >= 0.3 is 6.03 Å². The number of benzene rings is 2. The Morgan fingerprint density at radius 3 is 2.83 bits per heavy atom. The van der Waals surface area contributed by atoms with E-state index in [1.807, 2.05) is 36.4 Å². The topological polar surface area (TPSA) is 48.5 Å². The zero-order valence-electron chi connectivity index (χ0n) is 15.5. The lowest BCUT2D eigenvalue weighted by Crippen LogP contribution is -2.48. The first-order chi connectivity index (χ1) is 14.1. The molecule has 2 amide bonds. The molecule has 1 N–H and O–H groups in total. The van der Waals surface area contributed by atoms with Gasteiger partial charge in [-0.15, -0.1) is 0 Å². The molecule has 5 rings (SSSR count). The maximum absolute atomic E-state index is 14.1. The molecule has 146 valence electrons. The van der Waals surface area contributed by atoms with E-state index in [0.29, 0.717) is 10.8 Å². The first kappa shape index (κ1) is 17.9. The van der Waals surface area contributed by atoms with Gasteiger partial charge in [-0.05, 0) is 42.8 Å². The lowest BCUT2D eigenvalue weighted by Gasteiger charge is -2.36. The molecule has 0 radical (unpaired) electrons. The molecule has 0 unspecified atom stereocenters. The number of amides is 2. The van der Waals surface area contributed by atoms with Gasteiger partial charge in [-0.1, -0.05) is 35.9 Å². The molecule has 0 aliphatic carbocycles. The summed E-state index contributed by atoms with van der Waals surface area (Å²) in [5.74, 6) is 0.122. The van der Waals surface area contributed by atoms with Crippen LogP contribution in [-0.2, 0) is 0 Å². The van der Waals surface area contributed by atoms with Crippen LogP contribution in [0, 0.1) is 5.82 Å². The Morgan fingerprint density at radius 2 is 2.00 bits per heavy atom. The second-order valence-corrected chi connectivity index (χ2v) is 7.65. The van der Waals surface area contributed by atoms with Crippen LogP contribution in [0.25, 0.3) is 11.3 Å². The lowest BCUT2D eigenvalue weighted by atomic mass is 10.1. The second-order valence-electron chi connectivity index (χ2n) is 7.22. The molecule has 5 nitrogen and oxygen atoms in total. The monoisotopic (exact) mass is 408 g/mol.